The summed E-state index contributed by atoms with van der Waals surface area (Å²) in [6.07, 6.45) is 1.15. The van der Waals surface area contributed by atoms with Crippen LogP contribution in [0.5, 0.6) is 5.75 Å². The lowest BCUT2D eigenvalue weighted by atomic mass is 10.2. The molecule has 0 heterocycles. The van der Waals surface area contributed by atoms with Crippen molar-refractivity contribution in [1.82, 2.24) is 4.90 Å². The van der Waals surface area contributed by atoms with Gasteiger partial charge in [-0.25, -0.2) is 9.18 Å². The number of carbonyl (C=O) groups is 2. The first-order valence-electron chi connectivity index (χ1n) is 8.89. The molecule has 7 heteroatoms. The number of thioether (sulfide) groups is 1. The monoisotopic (exact) mass is 405 g/mol. The van der Waals surface area contributed by atoms with E-state index >= 15 is 0 Å². The SMILES string of the molecule is COC(=O)COc1ccccc1CN(C)C(=O)CCCSc1ccc(F)cc1. The molecule has 0 aliphatic rings. The Morgan fingerprint density at radius 3 is 2.54 bits per heavy atom. The molecule has 28 heavy (non-hydrogen) atoms. The third kappa shape index (κ3) is 7.23. The zero-order valence-corrected chi connectivity index (χ0v) is 16.8. The Morgan fingerprint density at radius 2 is 1.82 bits per heavy atom. The van der Waals surface area contributed by atoms with E-state index in [1.54, 1.807) is 41.9 Å². The quantitative estimate of drug-likeness (QED) is 0.341. The summed E-state index contributed by atoms with van der Waals surface area (Å²) in [5.41, 5.74) is 0.822. The number of hydrogen-bond donors (Lipinski definition) is 0. The van der Waals surface area contributed by atoms with E-state index in [0.29, 0.717) is 18.7 Å². The second-order valence-corrected chi connectivity index (χ2v) is 7.30. The van der Waals surface area contributed by atoms with Gasteiger partial charge in [-0.2, -0.15) is 0 Å². The van der Waals surface area contributed by atoms with Gasteiger partial charge in [0.05, 0.1) is 7.11 Å². The molecule has 0 atom stereocenters. The van der Waals surface area contributed by atoms with Gasteiger partial charge >= 0.3 is 5.97 Å². The second-order valence-electron chi connectivity index (χ2n) is 6.13. The van der Waals surface area contributed by atoms with Crippen molar-refractivity contribution in [3.8, 4) is 5.75 Å². The summed E-state index contributed by atoms with van der Waals surface area (Å²) in [6, 6.07) is 13.6. The highest BCUT2D eigenvalue weighted by atomic mass is 32.2. The Hall–Kier alpha value is -2.54. The van der Waals surface area contributed by atoms with Crippen molar-refractivity contribution in [2.45, 2.75) is 24.3 Å². The molecule has 2 aromatic carbocycles. The van der Waals surface area contributed by atoms with E-state index in [4.69, 9.17) is 4.74 Å². The van der Waals surface area contributed by atoms with E-state index in [0.717, 1.165) is 22.6 Å². The molecule has 0 saturated carbocycles. The Bertz CT molecular complexity index is 782. The van der Waals surface area contributed by atoms with Gasteiger partial charge in [-0.05, 0) is 42.5 Å². The van der Waals surface area contributed by atoms with Crippen molar-refractivity contribution < 1.29 is 23.5 Å². The molecule has 0 N–H and O–H groups in total. The minimum absolute atomic E-state index is 0.0301. The fourth-order valence-corrected chi connectivity index (χ4v) is 3.30. The van der Waals surface area contributed by atoms with Crippen LogP contribution in [0.15, 0.2) is 53.4 Å². The number of carbonyl (C=O) groups excluding carboxylic acids is 2. The summed E-state index contributed by atoms with van der Waals surface area (Å²) >= 11 is 1.60. The Balaban J connectivity index is 1.78. The van der Waals surface area contributed by atoms with Gasteiger partial charge in [0.2, 0.25) is 5.91 Å². The number of methoxy groups -OCH3 is 1. The van der Waals surface area contributed by atoms with Gasteiger partial charge in [0, 0.05) is 30.5 Å². The van der Waals surface area contributed by atoms with E-state index < -0.39 is 5.97 Å². The van der Waals surface area contributed by atoms with Crippen molar-refractivity contribution in [3.05, 3.63) is 59.9 Å². The van der Waals surface area contributed by atoms with Crippen LogP contribution in [-0.4, -0.2) is 43.3 Å². The lowest BCUT2D eigenvalue weighted by molar-refractivity contribution is -0.143. The largest absolute Gasteiger partial charge is 0.482 e. The maximum absolute atomic E-state index is 12.9. The Labute approximate surface area is 168 Å². The highest BCUT2D eigenvalue weighted by Crippen LogP contribution is 2.21. The minimum atomic E-state index is -0.460. The molecular formula is C21H24FNO4S. The Kier molecular flexibility index (Phi) is 8.81. The number of benzene rings is 2. The highest BCUT2D eigenvalue weighted by Gasteiger charge is 2.13. The van der Waals surface area contributed by atoms with E-state index in [2.05, 4.69) is 4.74 Å². The minimum Gasteiger partial charge on any atom is -0.482 e. The molecule has 0 saturated heterocycles. The van der Waals surface area contributed by atoms with Gasteiger partial charge in [-0.1, -0.05) is 18.2 Å². The highest BCUT2D eigenvalue weighted by molar-refractivity contribution is 7.99. The molecule has 0 spiro atoms. The average Bonchev–Trinajstić information content (AvgIpc) is 2.71. The second kappa shape index (κ2) is 11.3. The van der Waals surface area contributed by atoms with Crippen molar-refractivity contribution in [2.75, 3.05) is 26.5 Å². The van der Waals surface area contributed by atoms with Crippen molar-refractivity contribution in [2.24, 2.45) is 0 Å². The van der Waals surface area contributed by atoms with Crippen molar-refractivity contribution in [1.29, 1.82) is 0 Å². The topological polar surface area (TPSA) is 55.8 Å². The number of amides is 1. The maximum atomic E-state index is 12.9. The number of rotatable bonds is 10. The van der Waals surface area contributed by atoms with Gasteiger partial charge in [0.25, 0.3) is 0 Å². The van der Waals surface area contributed by atoms with Gasteiger partial charge in [-0.15, -0.1) is 11.8 Å². The van der Waals surface area contributed by atoms with Gasteiger partial charge < -0.3 is 14.4 Å². The number of para-hydroxylation sites is 1. The third-order valence-electron chi connectivity index (χ3n) is 4.00. The van der Waals surface area contributed by atoms with E-state index in [9.17, 15) is 14.0 Å². The summed E-state index contributed by atoms with van der Waals surface area (Å²) in [6.45, 7) is 0.215. The Morgan fingerprint density at radius 1 is 1.11 bits per heavy atom. The molecule has 0 aliphatic heterocycles. The van der Waals surface area contributed by atoms with Gasteiger partial charge in [0.1, 0.15) is 11.6 Å². The fourth-order valence-electron chi connectivity index (χ4n) is 2.45. The van der Waals surface area contributed by atoms with Crippen LogP contribution in [-0.2, 0) is 20.9 Å². The summed E-state index contributed by atoms with van der Waals surface area (Å²) < 4.78 is 23.0. The molecule has 5 nitrogen and oxygen atoms in total. The zero-order chi connectivity index (χ0) is 20.4. The molecule has 0 aliphatic carbocycles. The predicted molar refractivity (Wildman–Crippen MR) is 107 cm³/mol. The van der Waals surface area contributed by atoms with Crippen molar-refractivity contribution in [3.63, 3.8) is 0 Å². The summed E-state index contributed by atoms with van der Waals surface area (Å²) in [5, 5.41) is 0. The van der Waals surface area contributed by atoms with Crippen LogP contribution in [0.1, 0.15) is 18.4 Å². The molecule has 1 amide bonds. The number of nitrogens with zero attached hydrogens (tertiary/aromatic N) is 1. The van der Waals surface area contributed by atoms with Gasteiger partial charge in [0.15, 0.2) is 6.61 Å². The normalized spacial score (nSPS) is 10.4. The molecule has 2 rings (SSSR count). The fraction of sp³-hybridized carbons (Fsp3) is 0.333. The maximum Gasteiger partial charge on any atom is 0.343 e. The number of ether oxygens (including phenoxy) is 2. The summed E-state index contributed by atoms with van der Waals surface area (Å²) in [5.74, 6) is 0.654. The third-order valence-corrected chi connectivity index (χ3v) is 5.09. The molecule has 0 unspecified atom stereocenters. The van der Waals surface area contributed by atoms with Crippen LogP contribution in [0.3, 0.4) is 0 Å². The molecule has 0 bridgehead atoms. The summed E-state index contributed by atoms with van der Waals surface area (Å²) in [4.78, 5) is 26.3. The molecule has 0 fully saturated rings. The molecule has 0 radical (unpaired) electrons. The number of esters is 1. The predicted octanol–water partition coefficient (Wildman–Crippen LogP) is 3.91. The van der Waals surface area contributed by atoms with E-state index in [1.807, 2.05) is 18.2 Å². The standard InChI is InChI=1S/C21H24FNO4S/c1-23(14-16-6-3-4-7-19(16)27-15-21(25)26-2)20(24)8-5-13-28-18-11-9-17(22)10-12-18/h3-4,6-7,9-12H,5,8,13-15H2,1-2H3. The lowest BCUT2D eigenvalue weighted by Gasteiger charge is -2.19. The van der Waals surface area contributed by atoms with Crippen molar-refractivity contribution >= 4 is 23.6 Å². The number of halogens is 1. The van der Waals surface area contributed by atoms with Crippen LogP contribution < -0.4 is 4.74 Å². The zero-order valence-electron chi connectivity index (χ0n) is 16.0. The molecule has 150 valence electrons. The van der Waals surface area contributed by atoms with Crippen LogP contribution in [0, 0.1) is 5.82 Å². The first kappa shape index (κ1) is 21.8. The number of hydrogen-bond acceptors (Lipinski definition) is 5. The average molecular weight is 405 g/mol. The smallest absolute Gasteiger partial charge is 0.343 e. The summed E-state index contributed by atoms with van der Waals surface area (Å²) in [7, 11) is 3.05. The molecular weight excluding hydrogens is 381 g/mol. The van der Waals surface area contributed by atoms with Crippen LogP contribution >= 0.6 is 11.8 Å². The molecule has 0 aromatic heterocycles. The first-order chi connectivity index (χ1) is 13.5. The van der Waals surface area contributed by atoms with Gasteiger partial charge in [-0.3, -0.25) is 4.79 Å². The van der Waals surface area contributed by atoms with Crippen LogP contribution in [0.25, 0.3) is 0 Å². The van der Waals surface area contributed by atoms with E-state index in [-0.39, 0.29) is 18.3 Å². The first-order valence-corrected chi connectivity index (χ1v) is 9.88. The van der Waals surface area contributed by atoms with E-state index in [1.165, 1.54) is 19.2 Å². The van der Waals surface area contributed by atoms with Crippen LogP contribution in [0.2, 0.25) is 0 Å². The molecule has 2 aromatic rings. The lowest BCUT2D eigenvalue weighted by Crippen LogP contribution is -2.26. The van der Waals surface area contributed by atoms with Crippen LogP contribution in [0.4, 0.5) is 4.39 Å².